The molecule has 1 heterocycles. The quantitative estimate of drug-likeness (QED) is 0.866. The van der Waals surface area contributed by atoms with Gasteiger partial charge < -0.3 is 5.73 Å². The van der Waals surface area contributed by atoms with Crippen molar-refractivity contribution in [1.82, 2.24) is 9.78 Å². The number of halogens is 1. The van der Waals surface area contributed by atoms with Crippen LogP contribution in [0, 0.1) is 17.1 Å². The van der Waals surface area contributed by atoms with Crippen LogP contribution in [0.5, 0.6) is 0 Å². The van der Waals surface area contributed by atoms with Gasteiger partial charge in [-0.1, -0.05) is 12.1 Å². The highest BCUT2D eigenvalue weighted by Crippen LogP contribution is 2.13. The molecule has 5 heteroatoms. The van der Waals surface area contributed by atoms with Gasteiger partial charge in [0.25, 0.3) is 0 Å². The van der Waals surface area contributed by atoms with Crippen LogP contribution in [0.25, 0.3) is 0 Å². The Morgan fingerprint density at radius 2 is 2.29 bits per heavy atom. The first-order valence-electron chi connectivity index (χ1n) is 5.13. The molecule has 0 bridgehead atoms. The van der Waals surface area contributed by atoms with Crippen molar-refractivity contribution < 1.29 is 4.39 Å². The van der Waals surface area contributed by atoms with E-state index in [1.165, 1.54) is 6.07 Å². The number of hydrogen-bond donors (Lipinski definition) is 1. The second-order valence-corrected chi connectivity index (χ2v) is 3.64. The molecule has 0 aliphatic carbocycles. The second-order valence-electron chi connectivity index (χ2n) is 3.64. The first kappa shape index (κ1) is 11.3. The fourth-order valence-corrected chi connectivity index (χ4v) is 1.56. The average molecular weight is 230 g/mol. The van der Waals surface area contributed by atoms with Crippen molar-refractivity contribution in [3.05, 3.63) is 53.1 Å². The zero-order valence-electron chi connectivity index (χ0n) is 9.10. The Bertz CT molecular complexity index is 568. The molecule has 17 heavy (non-hydrogen) atoms. The van der Waals surface area contributed by atoms with Crippen molar-refractivity contribution in [2.75, 3.05) is 0 Å². The predicted octanol–water partition coefficient (Wildman–Crippen LogP) is 1.40. The van der Waals surface area contributed by atoms with E-state index in [2.05, 4.69) is 5.10 Å². The van der Waals surface area contributed by atoms with E-state index >= 15 is 0 Å². The van der Waals surface area contributed by atoms with Gasteiger partial charge in [-0.2, -0.15) is 10.4 Å². The molecular weight excluding hydrogens is 219 g/mol. The van der Waals surface area contributed by atoms with Crippen molar-refractivity contribution in [1.29, 1.82) is 5.26 Å². The minimum absolute atomic E-state index is 0.0497. The van der Waals surface area contributed by atoms with Crippen LogP contribution in [0.15, 0.2) is 30.6 Å². The Balaban J connectivity index is 2.27. The molecule has 0 aliphatic rings. The Hall–Kier alpha value is -2.19. The monoisotopic (exact) mass is 230 g/mol. The number of rotatable bonds is 3. The van der Waals surface area contributed by atoms with Crippen LogP contribution in [-0.4, -0.2) is 9.78 Å². The molecular formula is C12H11FN4. The fraction of sp³-hybridized carbons (Fsp3) is 0.167. The summed E-state index contributed by atoms with van der Waals surface area (Å²) >= 11 is 0. The number of hydrogen-bond acceptors (Lipinski definition) is 3. The lowest BCUT2D eigenvalue weighted by Gasteiger charge is -2.04. The highest BCUT2D eigenvalue weighted by molar-refractivity contribution is 5.35. The summed E-state index contributed by atoms with van der Waals surface area (Å²) in [5.74, 6) is -0.486. The maximum atomic E-state index is 13.8. The highest BCUT2D eigenvalue weighted by Gasteiger charge is 2.08. The van der Waals surface area contributed by atoms with Gasteiger partial charge in [0.2, 0.25) is 0 Å². The summed E-state index contributed by atoms with van der Waals surface area (Å²) in [5.41, 5.74) is 6.84. The normalized spacial score (nSPS) is 10.2. The van der Waals surface area contributed by atoms with Crippen LogP contribution in [0.4, 0.5) is 4.39 Å². The molecule has 0 unspecified atom stereocenters. The van der Waals surface area contributed by atoms with Gasteiger partial charge in [0.15, 0.2) is 0 Å². The molecule has 2 N–H and O–H groups in total. The van der Waals surface area contributed by atoms with E-state index in [-0.39, 0.29) is 5.56 Å². The average Bonchev–Trinajstić information content (AvgIpc) is 2.79. The van der Waals surface area contributed by atoms with Crippen LogP contribution < -0.4 is 5.73 Å². The molecule has 0 fully saturated rings. The smallest absolute Gasteiger partial charge is 0.146 e. The summed E-state index contributed by atoms with van der Waals surface area (Å²) in [6, 6.07) is 6.56. The first-order chi connectivity index (χ1) is 8.24. The second kappa shape index (κ2) is 4.76. The summed E-state index contributed by atoms with van der Waals surface area (Å²) in [5, 5.41) is 12.8. The standard InChI is InChI=1S/C12H11FN4/c13-12-10(5-15)2-1-3-11(12)8-17-7-9(4-14)6-16-17/h1-3,6-7H,4,8,14H2. The van der Waals surface area contributed by atoms with E-state index in [4.69, 9.17) is 11.0 Å². The molecule has 0 spiro atoms. The SMILES string of the molecule is N#Cc1cccc(Cn2cc(CN)cn2)c1F. The van der Waals surface area contributed by atoms with Crippen molar-refractivity contribution in [3.8, 4) is 6.07 Å². The Morgan fingerprint density at radius 3 is 2.94 bits per heavy atom. The molecule has 0 amide bonds. The zero-order valence-corrected chi connectivity index (χ0v) is 9.10. The molecule has 2 rings (SSSR count). The van der Waals surface area contributed by atoms with Crippen LogP contribution in [-0.2, 0) is 13.1 Å². The van der Waals surface area contributed by atoms with Gasteiger partial charge in [-0.3, -0.25) is 4.68 Å². The number of nitriles is 1. The van der Waals surface area contributed by atoms with Crippen LogP contribution in [0.1, 0.15) is 16.7 Å². The number of aromatic nitrogens is 2. The van der Waals surface area contributed by atoms with Gasteiger partial charge >= 0.3 is 0 Å². The molecule has 0 saturated carbocycles. The van der Waals surface area contributed by atoms with E-state index in [1.807, 2.05) is 6.07 Å². The molecule has 86 valence electrons. The summed E-state index contributed by atoms with van der Waals surface area (Å²) in [4.78, 5) is 0. The molecule has 0 aliphatic heterocycles. The molecule has 4 nitrogen and oxygen atoms in total. The van der Waals surface area contributed by atoms with Crippen LogP contribution in [0.3, 0.4) is 0 Å². The molecule has 0 atom stereocenters. The largest absolute Gasteiger partial charge is 0.326 e. The maximum Gasteiger partial charge on any atom is 0.146 e. The van der Waals surface area contributed by atoms with Crippen molar-refractivity contribution in [3.63, 3.8) is 0 Å². The Morgan fingerprint density at radius 1 is 1.47 bits per heavy atom. The number of benzene rings is 1. The van der Waals surface area contributed by atoms with Gasteiger partial charge in [0.1, 0.15) is 11.9 Å². The third kappa shape index (κ3) is 2.32. The van der Waals surface area contributed by atoms with Gasteiger partial charge in [0.05, 0.1) is 18.3 Å². The number of nitrogens with two attached hydrogens (primary N) is 1. The third-order valence-electron chi connectivity index (χ3n) is 2.45. The van der Waals surface area contributed by atoms with Gasteiger partial charge in [-0.05, 0) is 6.07 Å². The minimum atomic E-state index is -0.486. The number of nitrogens with zero attached hydrogens (tertiary/aromatic N) is 3. The predicted molar refractivity (Wildman–Crippen MR) is 60.3 cm³/mol. The highest BCUT2D eigenvalue weighted by atomic mass is 19.1. The molecule has 1 aromatic heterocycles. The van der Waals surface area contributed by atoms with E-state index in [0.717, 1.165) is 5.56 Å². The zero-order chi connectivity index (χ0) is 12.3. The minimum Gasteiger partial charge on any atom is -0.326 e. The van der Waals surface area contributed by atoms with Crippen LogP contribution >= 0.6 is 0 Å². The molecule has 2 aromatic rings. The molecule has 0 radical (unpaired) electrons. The summed E-state index contributed by atoms with van der Waals surface area (Å²) in [7, 11) is 0. The third-order valence-corrected chi connectivity index (χ3v) is 2.45. The van der Waals surface area contributed by atoms with Gasteiger partial charge in [0, 0.05) is 23.9 Å². The van der Waals surface area contributed by atoms with Crippen LogP contribution in [0.2, 0.25) is 0 Å². The topological polar surface area (TPSA) is 67.6 Å². The van der Waals surface area contributed by atoms with Gasteiger partial charge in [-0.15, -0.1) is 0 Å². The van der Waals surface area contributed by atoms with E-state index in [1.54, 1.807) is 29.2 Å². The lowest BCUT2D eigenvalue weighted by atomic mass is 10.1. The Kier molecular flexibility index (Phi) is 3.17. The summed E-state index contributed by atoms with van der Waals surface area (Å²) in [6.07, 6.45) is 3.41. The van der Waals surface area contributed by atoms with E-state index in [9.17, 15) is 4.39 Å². The van der Waals surface area contributed by atoms with Crippen molar-refractivity contribution >= 4 is 0 Å². The summed E-state index contributed by atoms with van der Waals surface area (Å²) < 4.78 is 15.4. The van der Waals surface area contributed by atoms with Gasteiger partial charge in [-0.25, -0.2) is 4.39 Å². The molecule has 1 aromatic carbocycles. The first-order valence-corrected chi connectivity index (χ1v) is 5.13. The molecule has 0 saturated heterocycles. The lowest BCUT2D eigenvalue weighted by Crippen LogP contribution is -2.03. The van der Waals surface area contributed by atoms with Crippen molar-refractivity contribution in [2.24, 2.45) is 5.73 Å². The van der Waals surface area contributed by atoms with E-state index in [0.29, 0.717) is 18.7 Å². The fourth-order valence-electron chi connectivity index (χ4n) is 1.56. The van der Waals surface area contributed by atoms with Crippen molar-refractivity contribution in [2.45, 2.75) is 13.1 Å². The maximum absolute atomic E-state index is 13.8. The Labute approximate surface area is 98.1 Å². The lowest BCUT2D eigenvalue weighted by molar-refractivity contribution is 0.582. The van der Waals surface area contributed by atoms with E-state index < -0.39 is 5.82 Å². The summed E-state index contributed by atoms with van der Waals surface area (Å²) in [6.45, 7) is 0.696.